The SMILES string of the molecule is C=CC(=O)N1CCOC2(CCN(C(=O)N(C)C(C(=O)O)C(C)C)CC2)[C@H]1C. The summed E-state index contributed by atoms with van der Waals surface area (Å²) in [5, 5.41) is 9.42. The van der Waals surface area contributed by atoms with Crippen molar-refractivity contribution in [2.75, 3.05) is 33.3 Å². The van der Waals surface area contributed by atoms with E-state index in [1.807, 2.05) is 6.92 Å². The molecule has 1 spiro atoms. The predicted octanol–water partition coefficient (Wildman–Crippen LogP) is 1.42. The molecule has 8 nitrogen and oxygen atoms in total. The Morgan fingerprint density at radius 2 is 1.85 bits per heavy atom. The first kappa shape index (κ1) is 21.2. The Bertz CT molecular complexity index is 598. The van der Waals surface area contributed by atoms with Crippen LogP contribution in [0.2, 0.25) is 0 Å². The van der Waals surface area contributed by atoms with E-state index in [4.69, 9.17) is 4.74 Å². The van der Waals surface area contributed by atoms with Gasteiger partial charge in [0.15, 0.2) is 0 Å². The van der Waals surface area contributed by atoms with Gasteiger partial charge in [0.05, 0.1) is 18.2 Å². The normalized spacial score (nSPS) is 23.2. The number of urea groups is 1. The van der Waals surface area contributed by atoms with E-state index in [0.29, 0.717) is 39.1 Å². The lowest BCUT2D eigenvalue weighted by Gasteiger charge is -2.52. The fraction of sp³-hybridized carbons (Fsp3) is 0.737. The quantitative estimate of drug-likeness (QED) is 0.744. The zero-order valence-corrected chi connectivity index (χ0v) is 16.7. The maximum absolute atomic E-state index is 12.8. The fourth-order valence-corrected chi connectivity index (χ4v) is 4.24. The topological polar surface area (TPSA) is 90.4 Å². The molecule has 2 saturated heterocycles. The first-order chi connectivity index (χ1) is 12.6. The first-order valence-electron chi connectivity index (χ1n) is 9.46. The molecular formula is C19H31N3O5. The summed E-state index contributed by atoms with van der Waals surface area (Å²) in [7, 11) is 1.54. The third-order valence-electron chi connectivity index (χ3n) is 5.89. The number of carbonyl (C=O) groups is 3. The highest BCUT2D eigenvalue weighted by Crippen LogP contribution is 2.35. The van der Waals surface area contributed by atoms with Gasteiger partial charge in [0.2, 0.25) is 5.91 Å². The smallest absolute Gasteiger partial charge is 0.326 e. The summed E-state index contributed by atoms with van der Waals surface area (Å²) in [6.45, 7) is 11.0. The van der Waals surface area contributed by atoms with Crippen LogP contribution in [0, 0.1) is 5.92 Å². The molecule has 0 saturated carbocycles. The molecule has 2 aliphatic heterocycles. The summed E-state index contributed by atoms with van der Waals surface area (Å²) in [5.41, 5.74) is -0.476. The van der Waals surface area contributed by atoms with Crippen LogP contribution in [-0.4, -0.2) is 88.7 Å². The molecule has 0 aromatic rings. The Morgan fingerprint density at radius 3 is 2.33 bits per heavy atom. The Kier molecular flexibility index (Phi) is 6.51. The molecule has 8 heteroatoms. The van der Waals surface area contributed by atoms with Gasteiger partial charge >= 0.3 is 12.0 Å². The molecule has 3 amide bonds. The zero-order valence-electron chi connectivity index (χ0n) is 16.7. The number of nitrogens with zero attached hydrogens (tertiary/aromatic N) is 3. The summed E-state index contributed by atoms with van der Waals surface area (Å²) in [6, 6.07) is -1.25. The van der Waals surface area contributed by atoms with Crippen molar-refractivity contribution in [1.29, 1.82) is 0 Å². The molecule has 0 radical (unpaired) electrons. The molecule has 0 aromatic carbocycles. The van der Waals surface area contributed by atoms with E-state index < -0.39 is 17.6 Å². The van der Waals surface area contributed by atoms with Crippen LogP contribution in [0.15, 0.2) is 12.7 Å². The minimum absolute atomic E-state index is 0.103. The van der Waals surface area contributed by atoms with Crippen LogP contribution in [-0.2, 0) is 14.3 Å². The molecule has 0 bridgehead atoms. The number of hydrogen-bond acceptors (Lipinski definition) is 4. The second-order valence-electron chi connectivity index (χ2n) is 7.73. The number of morpholine rings is 1. The molecule has 0 aliphatic carbocycles. The van der Waals surface area contributed by atoms with Crippen molar-refractivity contribution in [3.05, 3.63) is 12.7 Å². The Hall–Kier alpha value is -2.09. The highest BCUT2D eigenvalue weighted by atomic mass is 16.5. The predicted molar refractivity (Wildman–Crippen MR) is 100 cm³/mol. The van der Waals surface area contributed by atoms with Gasteiger partial charge in [-0.05, 0) is 31.8 Å². The lowest BCUT2D eigenvalue weighted by molar-refractivity contribution is -0.173. The number of carboxylic acids is 1. The Balaban J connectivity index is 2.05. The number of likely N-dealkylation sites (tertiary alicyclic amines) is 1. The molecule has 2 atom stereocenters. The highest BCUT2D eigenvalue weighted by molar-refractivity contribution is 5.87. The minimum atomic E-state index is -1.00. The van der Waals surface area contributed by atoms with Gasteiger partial charge < -0.3 is 24.5 Å². The molecule has 2 heterocycles. The van der Waals surface area contributed by atoms with E-state index in [9.17, 15) is 19.5 Å². The molecule has 152 valence electrons. The van der Waals surface area contributed by atoms with Crippen LogP contribution in [0.1, 0.15) is 33.6 Å². The van der Waals surface area contributed by atoms with Crippen molar-refractivity contribution in [2.45, 2.75) is 51.3 Å². The summed E-state index contributed by atoms with van der Waals surface area (Å²) in [4.78, 5) is 41.1. The maximum Gasteiger partial charge on any atom is 0.326 e. The van der Waals surface area contributed by atoms with Crippen LogP contribution in [0.4, 0.5) is 4.79 Å². The fourth-order valence-electron chi connectivity index (χ4n) is 4.24. The molecular weight excluding hydrogens is 350 g/mol. The third kappa shape index (κ3) is 4.10. The number of carbonyl (C=O) groups excluding carboxylic acids is 2. The number of piperidine rings is 1. The van der Waals surface area contributed by atoms with Crippen LogP contribution in [0.3, 0.4) is 0 Å². The lowest BCUT2D eigenvalue weighted by atomic mass is 9.82. The molecule has 27 heavy (non-hydrogen) atoms. The van der Waals surface area contributed by atoms with Crippen LogP contribution < -0.4 is 0 Å². The molecule has 2 rings (SSSR count). The summed E-state index contributed by atoms with van der Waals surface area (Å²) < 4.78 is 6.08. The summed E-state index contributed by atoms with van der Waals surface area (Å²) in [6.07, 6.45) is 2.53. The van der Waals surface area contributed by atoms with E-state index in [1.165, 1.54) is 18.0 Å². The van der Waals surface area contributed by atoms with Crippen molar-refractivity contribution in [1.82, 2.24) is 14.7 Å². The zero-order chi connectivity index (χ0) is 20.4. The van der Waals surface area contributed by atoms with E-state index in [2.05, 4.69) is 6.58 Å². The van der Waals surface area contributed by atoms with Crippen molar-refractivity contribution < 1.29 is 24.2 Å². The second kappa shape index (κ2) is 8.29. The van der Waals surface area contributed by atoms with Gasteiger partial charge in [-0.15, -0.1) is 0 Å². The molecule has 2 aliphatic rings. The van der Waals surface area contributed by atoms with E-state index in [0.717, 1.165) is 0 Å². The van der Waals surface area contributed by atoms with Gasteiger partial charge in [-0.1, -0.05) is 20.4 Å². The highest BCUT2D eigenvalue weighted by Gasteiger charge is 2.47. The van der Waals surface area contributed by atoms with Crippen LogP contribution in [0.25, 0.3) is 0 Å². The lowest BCUT2D eigenvalue weighted by Crippen LogP contribution is -2.64. The molecule has 1 N–H and O–H groups in total. The number of hydrogen-bond donors (Lipinski definition) is 1. The Labute approximate surface area is 160 Å². The summed E-state index contributed by atoms with van der Waals surface area (Å²) >= 11 is 0. The number of rotatable bonds is 4. The molecule has 1 unspecified atom stereocenters. The first-order valence-corrected chi connectivity index (χ1v) is 9.46. The van der Waals surface area contributed by atoms with Crippen molar-refractivity contribution in [2.24, 2.45) is 5.92 Å². The number of aliphatic carboxylic acids is 1. The molecule has 0 aromatic heterocycles. The van der Waals surface area contributed by atoms with Gasteiger partial charge in [-0.3, -0.25) is 4.79 Å². The largest absolute Gasteiger partial charge is 0.480 e. The van der Waals surface area contributed by atoms with Crippen LogP contribution in [0.5, 0.6) is 0 Å². The van der Waals surface area contributed by atoms with Crippen molar-refractivity contribution >= 4 is 17.9 Å². The minimum Gasteiger partial charge on any atom is -0.480 e. The van der Waals surface area contributed by atoms with Gasteiger partial charge in [0.25, 0.3) is 0 Å². The van der Waals surface area contributed by atoms with E-state index >= 15 is 0 Å². The summed E-state index contributed by atoms with van der Waals surface area (Å²) in [5.74, 6) is -1.30. The number of likely N-dealkylation sites (N-methyl/N-ethyl adjacent to an activating group) is 1. The monoisotopic (exact) mass is 381 g/mol. The van der Waals surface area contributed by atoms with E-state index in [1.54, 1.807) is 23.6 Å². The van der Waals surface area contributed by atoms with Crippen molar-refractivity contribution in [3.8, 4) is 0 Å². The molecule has 2 fully saturated rings. The number of ether oxygens (including phenoxy) is 1. The maximum atomic E-state index is 12.8. The van der Waals surface area contributed by atoms with Gasteiger partial charge in [-0.2, -0.15) is 0 Å². The van der Waals surface area contributed by atoms with Crippen molar-refractivity contribution in [3.63, 3.8) is 0 Å². The van der Waals surface area contributed by atoms with Gasteiger partial charge in [0, 0.05) is 26.7 Å². The Morgan fingerprint density at radius 1 is 1.26 bits per heavy atom. The standard InChI is InChI=1S/C19H31N3O5/c1-6-15(23)22-11-12-27-19(14(22)4)7-9-21(10-8-19)18(26)20(5)16(13(2)3)17(24)25/h6,13-14,16H,1,7-12H2,2-5H3,(H,24,25)/t14-,16?/m1/s1. The number of carboxylic acid groups (broad SMARTS) is 1. The van der Waals surface area contributed by atoms with Gasteiger partial charge in [0.1, 0.15) is 6.04 Å². The van der Waals surface area contributed by atoms with Crippen LogP contribution >= 0.6 is 0 Å². The second-order valence-corrected chi connectivity index (χ2v) is 7.73. The average Bonchev–Trinajstić information content (AvgIpc) is 2.63. The third-order valence-corrected chi connectivity index (χ3v) is 5.89. The number of amides is 3. The van der Waals surface area contributed by atoms with E-state index in [-0.39, 0.29) is 23.9 Å². The average molecular weight is 381 g/mol. The van der Waals surface area contributed by atoms with Gasteiger partial charge in [-0.25, -0.2) is 9.59 Å².